The molecule has 4 aromatic rings. The molecule has 1 amide bonds. The number of hydrogen-bond acceptors (Lipinski definition) is 4. The number of nitrogens with one attached hydrogen (secondary N) is 1. The average molecular weight is 419 g/mol. The molecule has 7 heteroatoms. The van der Waals surface area contributed by atoms with Gasteiger partial charge in [-0.05, 0) is 36.9 Å². The number of thioether (sulfide) groups is 1. The van der Waals surface area contributed by atoms with Crippen molar-refractivity contribution in [1.82, 2.24) is 14.1 Å². The molecule has 0 atom stereocenters. The van der Waals surface area contributed by atoms with Crippen molar-refractivity contribution >= 4 is 34.4 Å². The number of benzene rings is 2. The van der Waals surface area contributed by atoms with E-state index >= 15 is 0 Å². The van der Waals surface area contributed by atoms with Gasteiger partial charge in [-0.2, -0.15) is 0 Å². The minimum atomic E-state index is -0.198. The second-order valence-electron chi connectivity index (χ2n) is 6.85. The molecule has 0 spiro atoms. The van der Waals surface area contributed by atoms with Crippen molar-refractivity contribution in [3.8, 4) is 11.1 Å². The Hall–Kier alpha value is -3.32. The van der Waals surface area contributed by atoms with Gasteiger partial charge in [0.15, 0.2) is 0 Å². The zero-order valence-corrected chi connectivity index (χ0v) is 17.6. The largest absolute Gasteiger partial charge is 0.332 e. The maximum atomic E-state index is 13.0. The minimum absolute atomic E-state index is 0.0253. The summed E-state index contributed by atoms with van der Waals surface area (Å²) in [7, 11) is 0. The fourth-order valence-electron chi connectivity index (χ4n) is 3.45. The number of carbonyl (C=O) groups excluding carboxylic acids is 1. The van der Waals surface area contributed by atoms with E-state index in [4.69, 9.17) is 0 Å². The van der Waals surface area contributed by atoms with Gasteiger partial charge in [0, 0.05) is 28.9 Å². The second kappa shape index (κ2) is 8.59. The van der Waals surface area contributed by atoms with Crippen LogP contribution in [0.1, 0.15) is 6.92 Å². The van der Waals surface area contributed by atoms with Gasteiger partial charge in [0.2, 0.25) is 5.91 Å². The Bertz CT molecular complexity index is 1260. The molecule has 0 radical (unpaired) electrons. The number of carbonyl (C=O) groups is 1. The quantitative estimate of drug-likeness (QED) is 0.476. The third kappa shape index (κ3) is 3.89. The molecule has 2 heterocycles. The number of aromatic nitrogens is 3. The third-order valence-corrected chi connectivity index (χ3v) is 5.66. The van der Waals surface area contributed by atoms with Crippen molar-refractivity contribution in [3.05, 3.63) is 77.5 Å². The Morgan fingerprint density at radius 3 is 2.63 bits per heavy atom. The molecular weight excluding hydrogens is 396 g/mol. The van der Waals surface area contributed by atoms with Gasteiger partial charge in [-0.3, -0.25) is 14.2 Å². The summed E-state index contributed by atoms with van der Waals surface area (Å²) >= 11 is 1.61. The van der Waals surface area contributed by atoms with Crippen LogP contribution in [0.4, 0.5) is 5.69 Å². The van der Waals surface area contributed by atoms with Crippen LogP contribution in [0.2, 0.25) is 0 Å². The number of rotatable bonds is 6. The Labute approximate surface area is 178 Å². The van der Waals surface area contributed by atoms with Crippen LogP contribution in [0.15, 0.2) is 76.8 Å². The first kappa shape index (κ1) is 20.0. The minimum Gasteiger partial charge on any atom is -0.332 e. The molecule has 152 valence electrons. The van der Waals surface area contributed by atoms with Crippen LogP contribution in [-0.4, -0.2) is 26.3 Å². The van der Waals surface area contributed by atoms with E-state index in [2.05, 4.69) is 10.3 Å². The number of hydrogen-bond donors (Lipinski definition) is 1. The maximum Gasteiger partial charge on any atom is 0.277 e. The van der Waals surface area contributed by atoms with Gasteiger partial charge in [0.1, 0.15) is 17.6 Å². The summed E-state index contributed by atoms with van der Waals surface area (Å²) < 4.78 is 3.25. The van der Waals surface area contributed by atoms with Crippen molar-refractivity contribution in [2.45, 2.75) is 24.9 Å². The summed E-state index contributed by atoms with van der Waals surface area (Å²) in [6.07, 6.45) is 5.39. The number of anilines is 1. The lowest BCUT2D eigenvalue weighted by Gasteiger charge is -2.09. The van der Waals surface area contributed by atoms with E-state index < -0.39 is 0 Å². The average Bonchev–Trinajstić information content (AvgIpc) is 3.13. The van der Waals surface area contributed by atoms with Gasteiger partial charge in [-0.1, -0.05) is 36.4 Å². The van der Waals surface area contributed by atoms with Crippen LogP contribution in [0.5, 0.6) is 0 Å². The summed E-state index contributed by atoms with van der Waals surface area (Å²) in [5.41, 5.74) is 3.41. The normalized spacial score (nSPS) is 11.0. The molecule has 0 fully saturated rings. The first-order valence-corrected chi connectivity index (χ1v) is 10.9. The zero-order chi connectivity index (χ0) is 21.1. The molecule has 1 N–H and O–H groups in total. The van der Waals surface area contributed by atoms with E-state index in [1.165, 1.54) is 0 Å². The van der Waals surface area contributed by atoms with Crippen molar-refractivity contribution in [2.24, 2.45) is 0 Å². The highest BCUT2D eigenvalue weighted by atomic mass is 32.2. The molecule has 0 aliphatic carbocycles. The van der Waals surface area contributed by atoms with E-state index in [9.17, 15) is 9.59 Å². The monoisotopic (exact) mass is 418 g/mol. The molecule has 0 bridgehead atoms. The summed E-state index contributed by atoms with van der Waals surface area (Å²) in [4.78, 5) is 31.4. The van der Waals surface area contributed by atoms with E-state index in [1.807, 2.05) is 74.0 Å². The van der Waals surface area contributed by atoms with Crippen LogP contribution in [0, 0.1) is 0 Å². The van der Waals surface area contributed by atoms with E-state index in [0.717, 1.165) is 21.7 Å². The topological polar surface area (TPSA) is 68.9 Å². The second-order valence-corrected chi connectivity index (χ2v) is 7.73. The van der Waals surface area contributed by atoms with Gasteiger partial charge in [0.05, 0.1) is 6.33 Å². The molecule has 2 aromatic carbocycles. The lowest BCUT2D eigenvalue weighted by atomic mass is 10.1. The van der Waals surface area contributed by atoms with Crippen LogP contribution in [0.25, 0.3) is 22.2 Å². The molecule has 0 saturated carbocycles. The Kier molecular flexibility index (Phi) is 5.72. The lowest BCUT2D eigenvalue weighted by Crippen LogP contribution is -2.24. The number of amides is 1. The SMILES string of the molecule is CCn1cnc2c(-c3ccccc3)cn(CC(=O)Nc3cccc(SC)c3)c2c1=O. The fraction of sp³-hybridized carbons (Fsp3) is 0.174. The maximum absolute atomic E-state index is 13.0. The Morgan fingerprint density at radius 1 is 1.10 bits per heavy atom. The Morgan fingerprint density at radius 2 is 1.90 bits per heavy atom. The smallest absolute Gasteiger partial charge is 0.277 e. The molecule has 0 saturated heterocycles. The molecule has 0 aliphatic heterocycles. The third-order valence-electron chi connectivity index (χ3n) is 4.93. The van der Waals surface area contributed by atoms with Gasteiger partial charge < -0.3 is 9.88 Å². The van der Waals surface area contributed by atoms with Gasteiger partial charge in [-0.15, -0.1) is 11.8 Å². The van der Waals surface area contributed by atoms with Crippen molar-refractivity contribution < 1.29 is 4.79 Å². The molecule has 30 heavy (non-hydrogen) atoms. The number of nitrogens with zero attached hydrogens (tertiary/aromatic N) is 3. The summed E-state index contributed by atoms with van der Waals surface area (Å²) in [6, 6.07) is 17.4. The van der Waals surface area contributed by atoms with Crippen LogP contribution >= 0.6 is 11.8 Å². The first-order valence-electron chi connectivity index (χ1n) is 9.68. The number of aryl methyl sites for hydroxylation is 1. The summed E-state index contributed by atoms with van der Waals surface area (Å²) in [6.45, 7) is 2.44. The highest BCUT2D eigenvalue weighted by Gasteiger charge is 2.17. The molecular formula is C23H22N4O2S. The molecule has 2 aromatic heterocycles. The lowest BCUT2D eigenvalue weighted by molar-refractivity contribution is -0.116. The van der Waals surface area contributed by atoms with Crippen LogP contribution < -0.4 is 10.9 Å². The van der Waals surface area contributed by atoms with E-state index in [0.29, 0.717) is 17.6 Å². The predicted molar refractivity (Wildman–Crippen MR) is 122 cm³/mol. The zero-order valence-electron chi connectivity index (χ0n) is 16.8. The van der Waals surface area contributed by atoms with Gasteiger partial charge in [-0.25, -0.2) is 4.98 Å². The molecule has 0 aliphatic rings. The van der Waals surface area contributed by atoms with Crippen LogP contribution in [-0.2, 0) is 17.9 Å². The van der Waals surface area contributed by atoms with Crippen LogP contribution in [0.3, 0.4) is 0 Å². The fourth-order valence-corrected chi connectivity index (χ4v) is 3.91. The molecule has 0 unspecified atom stereocenters. The van der Waals surface area contributed by atoms with Crippen molar-refractivity contribution in [2.75, 3.05) is 11.6 Å². The highest BCUT2D eigenvalue weighted by Crippen LogP contribution is 2.27. The predicted octanol–water partition coefficient (Wildman–Crippen LogP) is 4.25. The molecule has 6 nitrogen and oxygen atoms in total. The van der Waals surface area contributed by atoms with Gasteiger partial charge in [0.25, 0.3) is 5.56 Å². The highest BCUT2D eigenvalue weighted by molar-refractivity contribution is 7.98. The van der Waals surface area contributed by atoms with Crippen molar-refractivity contribution in [1.29, 1.82) is 0 Å². The van der Waals surface area contributed by atoms with E-state index in [-0.39, 0.29) is 18.0 Å². The Balaban J connectivity index is 1.74. The van der Waals surface area contributed by atoms with Crippen molar-refractivity contribution in [3.63, 3.8) is 0 Å². The standard InChI is InChI=1S/C23H22N4O2S/c1-3-26-15-24-21-19(16-8-5-4-6-9-16)13-27(22(21)23(26)29)14-20(28)25-17-10-7-11-18(12-17)30-2/h4-13,15H,3,14H2,1-2H3,(H,25,28). The summed E-state index contributed by atoms with van der Waals surface area (Å²) in [5, 5.41) is 2.92. The van der Waals surface area contributed by atoms with E-state index in [1.54, 1.807) is 27.2 Å². The molecule has 4 rings (SSSR count). The summed E-state index contributed by atoms with van der Waals surface area (Å²) in [5.74, 6) is -0.198. The van der Waals surface area contributed by atoms with Gasteiger partial charge >= 0.3 is 0 Å². The first-order chi connectivity index (χ1) is 14.6. The number of fused-ring (bicyclic) bond motifs is 1.